The summed E-state index contributed by atoms with van der Waals surface area (Å²) in [6.07, 6.45) is 0.898. The molecule has 0 saturated carbocycles. The molecule has 1 aromatic heterocycles. The van der Waals surface area contributed by atoms with Gasteiger partial charge in [0.2, 0.25) is 0 Å². The van der Waals surface area contributed by atoms with Gasteiger partial charge >= 0.3 is 0 Å². The Morgan fingerprint density at radius 1 is 1.16 bits per heavy atom. The van der Waals surface area contributed by atoms with E-state index in [9.17, 15) is 9.59 Å². The molecule has 3 heterocycles. The molecule has 0 saturated heterocycles. The summed E-state index contributed by atoms with van der Waals surface area (Å²) in [6.45, 7) is 4.70. The molecule has 0 radical (unpaired) electrons. The highest BCUT2D eigenvalue weighted by Gasteiger charge is 2.34. The summed E-state index contributed by atoms with van der Waals surface area (Å²) in [7, 11) is 0. The van der Waals surface area contributed by atoms with Crippen LogP contribution in [0.25, 0.3) is 11.3 Å². The smallest absolute Gasteiger partial charge is 0.254 e. The maximum Gasteiger partial charge on any atom is 0.254 e. The molecule has 0 bridgehead atoms. The Morgan fingerprint density at radius 3 is 2.71 bits per heavy atom. The normalized spacial score (nSPS) is 17.0. The van der Waals surface area contributed by atoms with Gasteiger partial charge < -0.3 is 14.2 Å². The van der Waals surface area contributed by atoms with Crippen LogP contribution in [-0.4, -0.2) is 33.9 Å². The standard InChI is InChI=1S/C24H21ClN2O4/c1-24(2)12-20(28)17-11-15(5-8-21(17)30-24)23(29)27-10-9-19-18(13-27)22(31-26-19)14-3-6-16(25)7-4-14/h3-8,11H,9-10,12-13H2,1-2H3. The zero-order valence-corrected chi connectivity index (χ0v) is 18.0. The molecule has 2 aromatic carbocycles. The van der Waals surface area contributed by atoms with Crippen molar-refractivity contribution < 1.29 is 18.8 Å². The van der Waals surface area contributed by atoms with E-state index in [-0.39, 0.29) is 18.1 Å². The Bertz CT molecular complexity index is 1200. The van der Waals surface area contributed by atoms with Crippen LogP contribution in [0.5, 0.6) is 5.75 Å². The third-order valence-corrected chi connectivity index (χ3v) is 5.98. The van der Waals surface area contributed by atoms with Gasteiger partial charge in [0.05, 0.1) is 24.2 Å². The lowest BCUT2D eigenvalue weighted by molar-refractivity contribution is 0.0619. The first-order valence-electron chi connectivity index (χ1n) is 10.2. The summed E-state index contributed by atoms with van der Waals surface area (Å²) in [5, 5.41) is 4.84. The van der Waals surface area contributed by atoms with Crippen LogP contribution in [0.15, 0.2) is 47.0 Å². The van der Waals surface area contributed by atoms with E-state index in [0.717, 1.165) is 16.8 Å². The number of Topliss-reactive ketones (excluding diaryl/α,β-unsaturated/α-hetero) is 1. The van der Waals surface area contributed by atoms with E-state index in [1.54, 1.807) is 35.2 Å². The highest BCUT2D eigenvalue weighted by atomic mass is 35.5. The molecule has 0 spiro atoms. The molecule has 7 heteroatoms. The zero-order valence-electron chi connectivity index (χ0n) is 17.3. The number of nitrogens with zero attached hydrogens (tertiary/aromatic N) is 2. The molecule has 2 aliphatic rings. The molecule has 5 rings (SSSR count). The zero-order chi connectivity index (χ0) is 21.8. The van der Waals surface area contributed by atoms with Gasteiger partial charge in [-0.2, -0.15) is 0 Å². The van der Waals surface area contributed by atoms with Gasteiger partial charge in [0.1, 0.15) is 11.4 Å². The number of hydrogen-bond donors (Lipinski definition) is 0. The van der Waals surface area contributed by atoms with Crippen LogP contribution in [0, 0.1) is 0 Å². The number of hydrogen-bond acceptors (Lipinski definition) is 5. The van der Waals surface area contributed by atoms with Gasteiger partial charge in [-0.3, -0.25) is 9.59 Å². The second kappa shape index (κ2) is 7.24. The van der Waals surface area contributed by atoms with E-state index in [1.807, 2.05) is 26.0 Å². The van der Waals surface area contributed by atoms with Crippen molar-refractivity contribution in [2.24, 2.45) is 0 Å². The molecule has 158 valence electrons. The minimum absolute atomic E-state index is 0.00844. The Labute approximate surface area is 184 Å². The number of aromatic nitrogens is 1. The van der Waals surface area contributed by atoms with Crippen LogP contribution in [0.2, 0.25) is 5.02 Å². The molecule has 2 aliphatic heterocycles. The van der Waals surface area contributed by atoms with Crippen LogP contribution in [0.1, 0.15) is 52.2 Å². The first kappa shape index (κ1) is 19.8. The largest absolute Gasteiger partial charge is 0.487 e. The van der Waals surface area contributed by atoms with Crippen molar-refractivity contribution in [3.8, 4) is 17.1 Å². The van der Waals surface area contributed by atoms with E-state index < -0.39 is 5.60 Å². The van der Waals surface area contributed by atoms with Gasteiger partial charge in [0.15, 0.2) is 11.5 Å². The summed E-state index contributed by atoms with van der Waals surface area (Å²) in [5.74, 6) is 1.04. The molecule has 0 N–H and O–H groups in total. The van der Waals surface area contributed by atoms with E-state index in [1.165, 1.54) is 0 Å². The van der Waals surface area contributed by atoms with Crippen molar-refractivity contribution in [1.29, 1.82) is 0 Å². The first-order valence-corrected chi connectivity index (χ1v) is 10.6. The second-order valence-corrected chi connectivity index (χ2v) is 9.03. The average molecular weight is 437 g/mol. The molecule has 3 aromatic rings. The molecule has 0 fully saturated rings. The lowest BCUT2D eigenvalue weighted by Crippen LogP contribution is -2.37. The van der Waals surface area contributed by atoms with E-state index in [2.05, 4.69) is 5.16 Å². The van der Waals surface area contributed by atoms with Crippen LogP contribution in [-0.2, 0) is 13.0 Å². The number of halogens is 1. The van der Waals surface area contributed by atoms with Crippen LogP contribution in [0.3, 0.4) is 0 Å². The third-order valence-electron chi connectivity index (χ3n) is 5.73. The average Bonchev–Trinajstić information content (AvgIpc) is 3.16. The van der Waals surface area contributed by atoms with Crippen LogP contribution >= 0.6 is 11.6 Å². The number of fused-ring (bicyclic) bond motifs is 2. The third kappa shape index (κ3) is 3.61. The van der Waals surface area contributed by atoms with Gasteiger partial charge in [-0.25, -0.2) is 0 Å². The number of ether oxygens (including phenoxy) is 1. The van der Waals surface area contributed by atoms with Crippen molar-refractivity contribution in [3.63, 3.8) is 0 Å². The van der Waals surface area contributed by atoms with Crippen molar-refractivity contribution >= 4 is 23.3 Å². The number of benzene rings is 2. The van der Waals surface area contributed by atoms with Crippen molar-refractivity contribution in [2.75, 3.05) is 6.54 Å². The van der Waals surface area contributed by atoms with Crippen molar-refractivity contribution in [3.05, 3.63) is 69.9 Å². The number of amides is 1. The maximum atomic E-state index is 13.2. The Balaban J connectivity index is 1.42. The maximum absolute atomic E-state index is 13.2. The fraction of sp³-hybridized carbons (Fsp3) is 0.292. The van der Waals surface area contributed by atoms with Gasteiger partial charge in [0, 0.05) is 34.7 Å². The van der Waals surface area contributed by atoms with Gasteiger partial charge in [0.25, 0.3) is 5.91 Å². The molecular formula is C24H21ClN2O4. The lowest BCUT2D eigenvalue weighted by atomic mass is 9.92. The SMILES string of the molecule is CC1(C)CC(=O)c2cc(C(=O)N3CCc4noc(-c5ccc(Cl)cc5)c4C3)ccc2O1. The number of carbonyl (C=O) groups excluding carboxylic acids is 2. The molecule has 0 atom stereocenters. The van der Waals surface area contributed by atoms with Gasteiger partial charge in [-0.05, 0) is 56.3 Å². The Morgan fingerprint density at radius 2 is 1.94 bits per heavy atom. The molecular weight excluding hydrogens is 416 g/mol. The monoisotopic (exact) mass is 436 g/mol. The number of ketones is 1. The second-order valence-electron chi connectivity index (χ2n) is 8.59. The fourth-order valence-corrected chi connectivity index (χ4v) is 4.31. The predicted molar refractivity (Wildman–Crippen MR) is 115 cm³/mol. The Kier molecular flexibility index (Phi) is 4.63. The molecule has 0 unspecified atom stereocenters. The minimum atomic E-state index is -0.536. The summed E-state index contributed by atoms with van der Waals surface area (Å²) in [6, 6.07) is 12.4. The van der Waals surface area contributed by atoms with Crippen LogP contribution in [0.4, 0.5) is 0 Å². The van der Waals surface area contributed by atoms with Gasteiger partial charge in [-0.1, -0.05) is 16.8 Å². The van der Waals surface area contributed by atoms with E-state index in [0.29, 0.717) is 47.2 Å². The fourth-order valence-electron chi connectivity index (χ4n) is 4.18. The number of rotatable bonds is 2. The molecule has 6 nitrogen and oxygen atoms in total. The summed E-state index contributed by atoms with van der Waals surface area (Å²) in [5.41, 5.74) is 3.04. The van der Waals surface area contributed by atoms with Crippen molar-refractivity contribution in [2.45, 2.75) is 38.8 Å². The highest BCUT2D eigenvalue weighted by Crippen LogP contribution is 2.35. The highest BCUT2D eigenvalue weighted by molar-refractivity contribution is 6.30. The number of carbonyl (C=O) groups is 2. The predicted octanol–water partition coefficient (Wildman–Crippen LogP) is 4.94. The van der Waals surface area contributed by atoms with Crippen LogP contribution < -0.4 is 4.74 Å². The quantitative estimate of drug-likeness (QED) is 0.569. The summed E-state index contributed by atoms with van der Waals surface area (Å²) in [4.78, 5) is 27.6. The molecule has 31 heavy (non-hydrogen) atoms. The van der Waals surface area contributed by atoms with E-state index >= 15 is 0 Å². The molecule has 0 aliphatic carbocycles. The summed E-state index contributed by atoms with van der Waals surface area (Å²) >= 11 is 5.99. The topological polar surface area (TPSA) is 72.6 Å². The minimum Gasteiger partial charge on any atom is -0.487 e. The Hall–Kier alpha value is -3.12. The van der Waals surface area contributed by atoms with E-state index in [4.69, 9.17) is 20.9 Å². The lowest BCUT2D eigenvalue weighted by Gasteiger charge is -2.32. The molecule has 1 amide bonds. The van der Waals surface area contributed by atoms with Crippen molar-refractivity contribution in [1.82, 2.24) is 10.1 Å². The first-order chi connectivity index (χ1) is 14.8. The van der Waals surface area contributed by atoms with Gasteiger partial charge in [-0.15, -0.1) is 0 Å². The summed E-state index contributed by atoms with van der Waals surface area (Å²) < 4.78 is 11.5.